The number of hydrogen-bond acceptors (Lipinski definition) is 3. The van der Waals surface area contributed by atoms with E-state index in [1.54, 1.807) is 7.11 Å². The van der Waals surface area contributed by atoms with Crippen LogP contribution in [0.3, 0.4) is 0 Å². The third-order valence-electron chi connectivity index (χ3n) is 3.91. The first-order valence-electron chi connectivity index (χ1n) is 6.43. The number of carbonyl (C=O) groups is 1. The lowest BCUT2D eigenvalue weighted by atomic mass is 9.75. The van der Waals surface area contributed by atoms with E-state index in [1.807, 2.05) is 0 Å². The molecule has 1 aliphatic rings. The molecule has 1 amide bonds. The van der Waals surface area contributed by atoms with Crippen LogP contribution < -0.4 is 5.32 Å². The molecule has 0 bridgehead atoms. The number of amides is 1. The Kier molecular flexibility index (Phi) is 5.40. The molecule has 0 heterocycles. The number of rotatable bonds is 5. The van der Waals surface area contributed by atoms with Crippen molar-refractivity contribution in [3.8, 4) is 0 Å². The first kappa shape index (κ1) is 14.5. The molecule has 4 heteroatoms. The molecule has 0 aromatic heterocycles. The maximum absolute atomic E-state index is 11.5. The van der Waals surface area contributed by atoms with E-state index in [0.29, 0.717) is 0 Å². The second-order valence-corrected chi connectivity index (χ2v) is 5.53. The van der Waals surface area contributed by atoms with Crippen molar-refractivity contribution in [1.82, 2.24) is 10.2 Å². The third-order valence-corrected chi connectivity index (χ3v) is 3.91. The van der Waals surface area contributed by atoms with Crippen molar-refractivity contribution in [2.75, 3.05) is 34.4 Å². The zero-order valence-corrected chi connectivity index (χ0v) is 11.6. The van der Waals surface area contributed by atoms with Gasteiger partial charge in [-0.05, 0) is 32.9 Å². The maximum atomic E-state index is 11.5. The number of methoxy groups -OCH3 is 1. The van der Waals surface area contributed by atoms with Gasteiger partial charge in [-0.2, -0.15) is 0 Å². The minimum Gasteiger partial charge on any atom is -0.375 e. The smallest absolute Gasteiger partial charge is 0.246 e. The predicted octanol–water partition coefficient (Wildman–Crippen LogP) is 1.26. The summed E-state index contributed by atoms with van der Waals surface area (Å²) in [6.45, 7) is 3.18. The average molecular weight is 242 g/mol. The van der Waals surface area contributed by atoms with Crippen molar-refractivity contribution in [1.29, 1.82) is 0 Å². The molecule has 17 heavy (non-hydrogen) atoms. The lowest BCUT2D eigenvalue weighted by Crippen LogP contribution is -2.55. The van der Waals surface area contributed by atoms with Crippen LogP contribution in [0.1, 0.15) is 32.6 Å². The van der Waals surface area contributed by atoms with Gasteiger partial charge in [0.15, 0.2) is 0 Å². The normalized spacial score (nSPS) is 29.4. The van der Waals surface area contributed by atoms with Crippen LogP contribution in [0, 0.1) is 5.92 Å². The van der Waals surface area contributed by atoms with Crippen LogP contribution in [0.4, 0.5) is 0 Å². The predicted molar refractivity (Wildman–Crippen MR) is 68.9 cm³/mol. The highest BCUT2D eigenvalue weighted by atomic mass is 16.5. The summed E-state index contributed by atoms with van der Waals surface area (Å²) in [4.78, 5) is 13.8. The lowest BCUT2D eigenvalue weighted by Gasteiger charge is -2.45. The van der Waals surface area contributed by atoms with Gasteiger partial charge in [0.2, 0.25) is 5.91 Å². The fourth-order valence-electron chi connectivity index (χ4n) is 2.80. The molecule has 0 saturated heterocycles. The summed E-state index contributed by atoms with van der Waals surface area (Å²) >= 11 is 0. The van der Waals surface area contributed by atoms with Gasteiger partial charge in [-0.15, -0.1) is 0 Å². The number of nitrogens with zero attached hydrogens (tertiary/aromatic N) is 1. The highest BCUT2D eigenvalue weighted by molar-refractivity contribution is 5.77. The Morgan fingerprint density at radius 1 is 1.53 bits per heavy atom. The van der Waals surface area contributed by atoms with Gasteiger partial charge in [-0.3, -0.25) is 4.79 Å². The van der Waals surface area contributed by atoms with E-state index in [-0.39, 0.29) is 18.1 Å². The van der Waals surface area contributed by atoms with Crippen LogP contribution in [0.2, 0.25) is 0 Å². The topological polar surface area (TPSA) is 41.6 Å². The maximum Gasteiger partial charge on any atom is 0.246 e. The summed E-state index contributed by atoms with van der Waals surface area (Å²) in [5, 5.41) is 2.99. The van der Waals surface area contributed by atoms with E-state index in [1.165, 1.54) is 12.8 Å². The first-order chi connectivity index (χ1) is 8.00. The van der Waals surface area contributed by atoms with Crippen molar-refractivity contribution in [2.24, 2.45) is 5.92 Å². The molecule has 1 saturated carbocycles. The Morgan fingerprint density at radius 2 is 2.24 bits per heavy atom. The van der Waals surface area contributed by atoms with Gasteiger partial charge in [0.1, 0.15) is 6.61 Å². The van der Waals surface area contributed by atoms with E-state index >= 15 is 0 Å². The zero-order valence-electron chi connectivity index (χ0n) is 11.6. The standard InChI is InChI=1S/C13H26N2O2/c1-11-6-5-7-13(8-11,15(2)3)10-14-12(16)9-17-4/h11H,5-10H2,1-4H3,(H,14,16). The summed E-state index contributed by atoms with van der Waals surface area (Å²) in [6, 6.07) is 0. The molecule has 4 nitrogen and oxygen atoms in total. The lowest BCUT2D eigenvalue weighted by molar-refractivity contribution is -0.125. The van der Waals surface area contributed by atoms with Crippen molar-refractivity contribution in [2.45, 2.75) is 38.1 Å². The minimum atomic E-state index is -0.0213. The highest BCUT2D eigenvalue weighted by Crippen LogP contribution is 2.35. The second kappa shape index (κ2) is 6.36. The van der Waals surface area contributed by atoms with E-state index < -0.39 is 0 Å². The fourth-order valence-corrected chi connectivity index (χ4v) is 2.80. The van der Waals surface area contributed by atoms with Crippen LogP contribution >= 0.6 is 0 Å². The highest BCUT2D eigenvalue weighted by Gasteiger charge is 2.36. The van der Waals surface area contributed by atoms with E-state index in [9.17, 15) is 4.79 Å². The number of nitrogens with one attached hydrogen (secondary N) is 1. The number of ether oxygens (including phenoxy) is 1. The molecule has 0 aromatic carbocycles. The molecule has 1 fully saturated rings. The molecule has 1 aliphatic carbocycles. The minimum absolute atomic E-state index is 0.0213. The average Bonchev–Trinajstić information content (AvgIpc) is 2.27. The zero-order chi connectivity index (χ0) is 12.9. The molecule has 0 aliphatic heterocycles. The molecule has 0 radical (unpaired) electrons. The van der Waals surface area contributed by atoms with Crippen LogP contribution in [0.5, 0.6) is 0 Å². The molecule has 0 aromatic rings. The Bertz CT molecular complexity index is 256. The Labute approximate surface area is 105 Å². The Hall–Kier alpha value is -0.610. The monoisotopic (exact) mass is 242 g/mol. The van der Waals surface area contributed by atoms with Gasteiger partial charge < -0.3 is 15.0 Å². The quantitative estimate of drug-likeness (QED) is 0.789. The number of likely N-dealkylation sites (N-methyl/N-ethyl adjacent to an activating group) is 1. The second-order valence-electron chi connectivity index (χ2n) is 5.53. The van der Waals surface area contributed by atoms with Gasteiger partial charge in [0.05, 0.1) is 0 Å². The fraction of sp³-hybridized carbons (Fsp3) is 0.923. The molecule has 2 unspecified atom stereocenters. The van der Waals surface area contributed by atoms with E-state index in [4.69, 9.17) is 4.74 Å². The molecule has 100 valence electrons. The summed E-state index contributed by atoms with van der Waals surface area (Å²) < 4.78 is 4.83. The van der Waals surface area contributed by atoms with Crippen LogP contribution in [0.15, 0.2) is 0 Å². The van der Waals surface area contributed by atoms with Gasteiger partial charge in [-0.25, -0.2) is 0 Å². The van der Waals surface area contributed by atoms with Gasteiger partial charge >= 0.3 is 0 Å². The van der Waals surface area contributed by atoms with E-state index in [2.05, 4.69) is 31.2 Å². The third kappa shape index (κ3) is 3.96. The Morgan fingerprint density at radius 3 is 2.76 bits per heavy atom. The largest absolute Gasteiger partial charge is 0.375 e. The molecular weight excluding hydrogens is 216 g/mol. The SMILES string of the molecule is COCC(=O)NCC1(N(C)C)CCCC(C)C1. The Balaban J connectivity index is 2.56. The molecular formula is C13H26N2O2. The summed E-state index contributed by atoms with van der Waals surface area (Å²) in [5.41, 5.74) is 0.126. The number of hydrogen-bond donors (Lipinski definition) is 1. The molecule has 1 rings (SSSR count). The summed E-state index contributed by atoms with van der Waals surface area (Å²) in [5.74, 6) is 0.720. The van der Waals surface area contributed by atoms with Crippen molar-refractivity contribution >= 4 is 5.91 Å². The van der Waals surface area contributed by atoms with Gasteiger partial charge in [-0.1, -0.05) is 19.8 Å². The summed E-state index contributed by atoms with van der Waals surface area (Å²) in [6.07, 6.45) is 4.88. The van der Waals surface area contributed by atoms with Gasteiger partial charge in [0.25, 0.3) is 0 Å². The van der Waals surface area contributed by atoms with Crippen LogP contribution in [-0.2, 0) is 9.53 Å². The van der Waals surface area contributed by atoms with Crippen molar-refractivity contribution in [3.63, 3.8) is 0 Å². The van der Waals surface area contributed by atoms with Crippen molar-refractivity contribution in [3.05, 3.63) is 0 Å². The van der Waals surface area contributed by atoms with E-state index in [0.717, 1.165) is 25.3 Å². The van der Waals surface area contributed by atoms with Crippen LogP contribution in [-0.4, -0.2) is 50.7 Å². The van der Waals surface area contributed by atoms with Gasteiger partial charge in [0, 0.05) is 19.2 Å². The summed E-state index contributed by atoms with van der Waals surface area (Å²) in [7, 11) is 5.77. The number of carbonyl (C=O) groups excluding carboxylic acids is 1. The van der Waals surface area contributed by atoms with Crippen LogP contribution in [0.25, 0.3) is 0 Å². The van der Waals surface area contributed by atoms with Crippen molar-refractivity contribution < 1.29 is 9.53 Å². The molecule has 1 N–H and O–H groups in total. The first-order valence-corrected chi connectivity index (χ1v) is 6.43. The molecule has 0 spiro atoms. The molecule has 2 atom stereocenters.